The predicted octanol–water partition coefficient (Wildman–Crippen LogP) is 3.39. The molecule has 26 heavy (non-hydrogen) atoms. The van der Waals surface area contributed by atoms with Crippen LogP contribution in [-0.2, 0) is 25.6 Å². The van der Waals surface area contributed by atoms with E-state index < -0.39 is 5.97 Å². The summed E-state index contributed by atoms with van der Waals surface area (Å²) in [5, 5.41) is 0.936. The summed E-state index contributed by atoms with van der Waals surface area (Å²) in [5.74, 6) is -0.402. The molecule has 1 unspecified atom stereocenters. The number of aromatic nitrogens is 1. The van der Waals surface area contributed by atoms with Crippen molar-refractivity contribution in [3.8, 4) is 0 Å². The molecule has 1 aliphatic rings. The van der Waals surface area contributed by atoms with Crippen LogP contribution in [0.2, 0.25) is 0 Å². The Bertz CT molecular complexity index is 755. The average molecular weight is 359 g/mol. The van der Waals surface area contributed by atoms with Gasteiger partial charge in [-0.15, -0.1) is 0 Å². The number of benzene rings is 1. The van der Waals surface area contributed by atoms with E-state index in [1.807, 2.05) is 31.2 Å². The largest absolute Gasteiger partial charge is 0.460 e. The SMILES string of the molecule is COCc1nc2ccccc2c(C)c1C(=O)OCCOC1CCCCO1. The number of pyridine rings is 1. The maximum absolute atomic E-state index is 12.7. The summed E-state index contributed by atoms with van der Waals surface area (Å²) < 4.78 is 21.7. The quantitative estimate of drug-likeness (QED) is 0.558. The summed E-state index contributed by atoms with van der Waals surface area (Å²) >= 11 is 0. The van der Waals surface area contributed by atoms with Gasteiger partial charge in [-0.1, -0.05) is 18.2 Å². The van der Waals surface area contributed by atoms with Crippen molar-refractivity contribution in [3.63, 3.8) is 0 Å². The molecule has 1 fully saturated rings. The van der Waals surface area contributed by atoms with Crippen molar-refractivity contribution in [2.45, 2.75) is 39.1 Å². The lowest BCUT2D eigenvalue weighted by Gasteiger charge is -2.22. The molecule has 0 saturated carbocycles. The number of hydrogen-bond donors (Lipinski definition) is 0. The number of aryl methyl sites for hydroxylation is 1. The van der Waals surface area contributed by atoms with Gasteiger partial charge in [0.15, 0.2) is 6.29 Å². The highest BCUT2D eigenvalue weighted by molar-refractivity contribution is 5.98. The van der Waals surface area contributed by atoms with Crippen LogP contribution in [-0.4, -0.2) is 44.2 Å². The van der Waals surface area contributed by atoms with E-state index in [-0.39, 0.29) is 19.5 Å². The van der Waals surface area contributed by atoms with Gasteiger partial charge in [-0.25, -0.2) is 9.78 Å². The number of rotatable bonds is 7. The number of hydrogen-bond acceptors (Lipinski definition) is 6. The first-order valence-electron chi connectivity index (χ1n) is 8.98. The molecule has 1 aromatic carbocycles. The highest BCUT2D eigenvalue weighted by Crippen LogP contribution is 2.24. The number of carbonyl (C=O) groups excluding carboxylic acids is 1. The maximum Gasteiger partial charge on any atom is 0.340 e. The molecule has 0 aliphatic carbocycles. The van der Waals surface area contributed by atoms with Crippen LogP contribution in [0.25, 0.3) is 10.9 Å². The van der Waals surface area contributed by atoms with Gasteiger partial charge in [0.2, 0.25) is 0 Å². The third-order valence-corrected chi connectivity index (χ3v) is 4.47. The van der Waals surface area contributed by atoms with E-state index in [1.54, 1.807) is 7.11 Å². The van der Waals surface area contributed by atoms with Gasteiger partial charge in [0.05, 0.1) is 30.0 Å². The van der Waals surface area contributed by atoms with Crippen molar-refractivity contribution in [1.29, 1.82) is 0 Å². The summed E-state index contributed by atoms with van der Waals surface area (Å²) in [6, 6.07) is 7.73. The molecule has 0 amide bonds. The fourth-order valence-corrected chi connectivity index (χ4v) is 3.18. The number of carbonyl (C=O) groups is 1. The Morgan fingerprint density at radius 1 is 1.27 bits per heavy atom. The van der Waals surface area contributed by atoms with Gasteiger partial charge in [0.1, 0.15) is 6.61 Å². The van der Waals surface area contributed by atoms with Crippen LogP contribution >= 0.6 is 0 Å². The molecule has 0 N–H and O–H groups in total. The van der Waals surface area contributed by atoms with Crippen LogP contribution in [0.1, 0.15) is 40.9 Å². The summed E-state index contributed by atoms with van der Waals surface area (Å²) in [6.45, 7) is 3.38. The third kappa shape index (κ3) is 4.38. The molecule has 3 rings (SSSR count). The molecule has 0 radical (unpaired) electrons. The van der Waals surface area contributed by atoms with Gasteiger partial charge in [-0.3, -0.25) is 0 Å². The van der Waals surface area contributed by atoms with Gasteiger partial charge < -0.3 is 18.9 Å². The van der Waals surface area contributed by atoms with E-state index in [1.165, 1.54) is 0 Å². The van der Waals surface area contributed by atoms with Crippen molar-refractivity contribution >= 4 is 16.9 Å². The second-order valence-corrected chi connectivity index (χ2v) is 6.31. The van der Waals surface area contributed by atoms with Crippen molar-refractivity contribution in [1.82, 2.24) is 4.98 Å². The number of fused-ring (bicyclic) bond motifs is 1. The zero-order valence-electron chi connectivity index (χ0n) is 15.3. The average Bonchev–Trinajstić information content (AvgIpc) is 2.66. The minimum atomic E-state index is -0.402. The molecule has 2 heterocycles. The lowest BCUT2D eigenvalue weighted by atomic mass is 10.0. The van der Waals surface area contributed by atoms with E-state index >= 15 is 0 Å². The molecule has 1 atom stereocenters. The molecular weight excluding hydrogens is 334 g/mol. The molecule has 140 valence electrons. The summed E-state index contributed by atoms with van der Waals surface area (Å²) in [4.78, 5) is 17.2. The lowest BCUT2D eigenvalue weighted by Crippen LogP contribution is -2.24. The fraction of sp³-hybridized carbons (Fsp3) is 0.500. The maximum atomic E-state index is 12.7. The zero-order chi connectivity index (χ0) is 18.4. The van der Waals surface area contributed by atoms with Crippen molar-refractivity contribution in [2.24, 2.45) is 0 Å². The summed E-state index contributed by atoms with van der Waals surface area (Å²) in [6.07, 6.45) is 2.88. The van der Waals surface area contributed by atoms with Crippen LogP contribution in [0.15, 0.2) is 24.3 Å². The van der Waals surface area contributed by atoms with E-state index in [9.17, 15) is 4.79 Å². The number of para-hydroxylation sites is 1. The molecule has 6 heteroatoms. The minimum absolute atomic E-state index is 0.178. The highest BCUT2D eigenvalue weighted by Gasteiger charge is 2.20. The normalized spacial score (nSPS) is 17.4. The predicted molar refractivity (Wildman–Crippen MR) is 97.0 cm³/mol. The van der Waals surface area contributed by atoms with Gasteiger partial charge in [-0.2, -0.15) is 0 Å². The van der Waals surface area contributed by atoms with E-state index in [0.717, 1.165) is 42.3 Å². The molecule has 0 spiro atoms. The van der Waals surface area contributed by atoms with Crippen LogP contribution in [0, 0.1) is 6.92 Å². The fourth-order valence-electron chi connectivity index (χ4n) is 3.18. The van der Waals surface area contributed by atoms with E-state index in [4.69, 9.17) is 18.9 Å². The Morgan fingerprint density at radius 2 is 2.12 bits per heavy atom. The summed E-state index contributed by atoms with van der Waals surface area (Å²) in [7, 11) is 1.58. The van der Waals surface area contributed by atoms with Crippen molar-refractivity contribution in [3.05, 3.63) is 41.1 Å². The van der Waals surface area contributed by atoms with E-state index in [2.05, 4.69) is 4.98 Å². The highest BCUT2D eigenvalue weighted by atomic mass is 16.7. The van der Waals surface area contributed by atoms with Crippen LogP contribution < -0.4 is 0 Å². The minimum Gasteiger partial charge on any atom is -0.460 e. The van der Waals surface area contributed by atoms with Gasteiger partial charge in [0.25, 0.3) is 0 Å². The Kier molecular flexibility index (Phi) is 6.55. The zero-order valence-corrected chi connectivity index (χ0v) is 15.3. The number of esters is 1. The van der Waals surface area contributed by atoms with Gasteiger partial charge >= 0.3 is 5.97 Å². The number of ether oxygens (including phenoxy) is 4. The summed E-state index contributed by atoms with van der Waals surface area (Å²) in [5.41, 5.74) is 2.75. The van der Waals surface area contributed by atoms with Gasteiger partial charge in [-0.05, 0) is 37.8 Å². The first kappa shape index (κ1) is 18.8. The number of nitrogens with zero attached hydrogens (tertiary/aromatic N) is 1. The molecule has 1 aliphatic heterocycles. The second-order valence-electron chi connectivity index (χ2n) is 6.31. The third-order valence-electron chi connectivity index (χ3n) is 4.47. The molecule has 1 saturated heterocycles. The van der Waals surface area contributed by atoms with Crippen LogP contribution in [0.3, 0.4) is 0 Å². The Balaban J connectivity index is 1.68. The Morgan fingerprint density at radius 3 is 2.88 bits per heavy atom. The van der Waals surface area contributed by atoms with Crippen molar-refractivity contribution < 1.29 is 23.7 Å². The molecule has 1 aromatic heterocycles. The second kappa shape index (κ2) is 9.07. The topological polar surface area (TPSA) is 66.9 Å². The number of methoxy groups -OCH3 is 1. The van der Waals surface area contributed by atoms with E-state index in [0.29, 0.717) is 17.9 Å². The lowest BCUT2D eigenvalue weighted by molar-refractivity contribution is -0.166. The smallest absolute Gasteiger partial charge is 0.340 e. The monoisotopic (exact) mass is 359 g/mol. The Hall–Kier alpha value is -2.02. The Labute approximate surface area is 153 Å². The molecule has 2 aromatic rings. The molecule has 0 bridgehead atoms. The van der Waals surface area contributed by atoms with Crippen molar-refractivity contribution in [2.75, 3.05) is 26.9 Å². The van der Waals surface area contributed by atoms with Crippen LogP contribution in [0.4, 0.5) is 0 Å². The first-order valence-corrected chi connectivity index (χ1v) is 8.98. The first-order chi connectivity index (χ1) is 12.7. The standard InChI is InChI=1S/C20H25NO5/c1-14-15-7-3-4-8-16(15)21-17(13-23-2)19(14)20(22)26-12-11-25-18-9-5-6-10-24-18/h3-4,7-8,18H,5-6,9-13H2,1-2H3. The molecule has 6 nitrogen and oxygen atoms in total. The van der Waals surface area contributed by atoms with Gasteiger partial charge in [0, 0.05) is 19.1 Å². The molecular formula is C20H25NO5. The van der Waals surface area contributed by atoms with Crippen LogP contribution in [0.5, 0.6) is 0 Å².